The first kappa shape index (κ1) is 17.6. The van der Waals surface area contributed by atoms with E-state index in [1.807, 2.05) is 0 Å². The Hall–Kier alpha value is -1.21. The number of allylic oxidation sites excluding steroid dienone is 2. The number of aliphatic hydroxyl groups excluding tert-OH is 1. The molecule has 1 aliphatic carbocycles. The van der Waals surface area contributed by atoms with Gasteiger partial charge < -0.3 is 10.4 Å². The summed E-state index contributed by atoms with van der Waals surface area (Å²) in [6, 6.07) is 8.53. The topological polar surface area (TPSA) is 78.4 Å². The molecule has 1 saturated heterocycles. The molecule has 3 atom stereocenters. The first-order valence-corrected chi connectivity index (χ1v) is 10.5. The van der Waals surface area contributed by atoms with Gasteiger partial charge in [-0.2, -0.15) is 0 Å². The summed E-state index contributed by atoms with van der Waals surface area (Å²) in [6.07, 6.45) is 8.34. The van der Waals surface area contributed by atoms with Gasteiger partial charge in [0.15, 0.2) is 0 Å². The third kappa shape index (κ3) is 4.06. The average molecular weight is 350 g/mol. The molecule has 3 N–H and O–H groups in total. The van der Waals surface area contributed by atoms with E-state index in [-0.39, 0.29) is 24.6 Å². The lowest BCUT2D eigenvalue weighted by Gasteiger charge is -2.46. The zero-order chi connectivity index (χ0) is 17.2. The summed E-state index contributed by atoms with van der Waals surface area (Å²) >= 11 is 0. The van der Waals surface area contributed by atoms with Gasteiger partial charge in [0.05, 0.1) is 12.9 Å². The summed E-state index contributed by atoms with van der Waals surface area (Å²) in [4.78, 5) is 0. The van der Waals surface area contributed by atoms with Crippen molar-refractivity contribution in [1.29, 1.82) is 0 Å². The molecule has 1 heterocycles. The number of nitrogens with one attached hydrogen (secondary N) is 2. The summed E-state index contributed by atoms with van der Waals surface area (Å²) in [6.45, 7) is 0.389. The van der Waals surface area contributed by atoms with Gasteiger partial charge in [-0.15, -0.1) is 0 Å². The summed E-state index contributed by atoms with van der Waals surface area (Å²) in [5.41, 5.74) is 3.85. The molecule has 24 heavy (non-hydrogen) atoms. The van der Waals surface area contributed by atoms with E-state index in [4.69, 9.17) is 0 Å². The summed E-state index contributed by atoms with van der Waals surface area (Å²) in [5, 5.41) is 12.8. The smallest absolute Gasteiger partial charge is 0.208 e. The number of hydrogen-bond donors (Lipinski definition) is 3. The molecule has 1 aromatic carbocycles. The molecule has 132 valence electrons. The molecule has 0 amide bonds. The van der Waals surface area contributed by atoms with Crippen LogP contribution in [0.5, 0.6) is 0 Å². The van der Waals surface area contributed by atoms with Gasteiger partial charge in [0.25, 0.3) is 0 Å². The highest BCUT2D eigenvalue weighted by molar-refractivity contribution is 7.88. The van der Waals surface area contributed by atoms with E-state index in [9.17, 15) is 13.5 Å². The molecule has 0 radical (unpaired) electrons. The third-order valence-electron chi connectivity index (χ3n) is 5.01. The van der Waals surface area contributed by atoms with Gasteiger partial charge in [0.2, 0.25) is 10.0 Å². The van der Waals surface area contributed by atoms with Crippen molar-refractivity contribution in [3.63, 3.8) is 0 Å². The van der Waals surface area contributed by atoms with Crippen LogP contribution in [0, 0.1) is 0 Å². The molecule has 0 bridgehead atoms. The molecule has 3 rings (SSSR count). The van der Waals surface area contributed by atoms with E-state index in [0.717, 1.165) is 24.7 Å². The molecule has 1 aromatic rings. The number of rotatable bonds is 6. The second-order valence-corrected chi connectivity index (χ2v) is 8.64. The maximum atomic E-state index is 11.3. The number of sulfonamides is 1. The summed E-state index contributed by atoms with van der Waals surface area (Å²) in [5.74, 6) is 0.124. The minimum atomic E-state index is -3.21. The van der Waals surface area contributed by atoms with E-state index in [0.29, 0.717) is 6.54 Å². The Balaban J connectivity index is 1.71. The normalized spacial score (nSPS) is 27.4. The van der Waals surface area contributed by atoms with Gasteiger partial charge in [0.1, 0.15) is 0 Å². The van der Waals surface area contributed by atoms with Crippen LogP contribution in [0.3, 0.4) is 0 Å². The van der Waals surface area contributed by atoms with Crippen molar-refractivity contribution in [3.8, 4) is 0 Å². The van der Waals surface area contributed by atoms with E-state index in [2.05, 4.69) is 40.4 Å². The standard InChI is InChI=1S/C18H26N2O3S/c1-24(22,23)19-11-16-18(17(12-21)20-16)15-9-7-14(8-10-15)13-5-3-2-4-6-13/h5,7-10,16-21H,2-4,6,11-12H2,1H3/t16-,17+,18+/m0/s1. The summed E-state index contributed by atoms with van der Waals surface area (Å²) in [7, 11) is -3.21. The Labute approximate surface area is 144 Å². The third-order valence-corrected chi connectivity index (χ3v) is 5.71. The van der Waals surface area contributed by atoms with Gasteiger partial charge in [-0.05, 0) is 42.4 Å². The highest BCUT2D eigenvalue weighted by Crippen LogP contribution is 2.33. The van der Waals surface area contributed by atoms with Crippen LogP contribution >= 0.6 is 0 Å². The molecular weight excluding hydrogens is 324 g/mol. The van der Waals surface area contributed by atoms with Crippen molar-refractivity contribution in [2.24, 2.45) is 0 Å². The van der Waals surface area contributed by atoms with Crippen LogP contribution in [-0.2, 0) is 10.0 Å². The Bertz CT molecular complexity index is 697. The fourth-order valence-corrected chi connectivity index (χ4v) is 4.20. The molecular formula is C18H26N2O3S. The zero-order valence-electron chi connectivity index (χ0n) is 14.0. The molecule has 0 unspecified atom stereocenters. The Morgan fingerprint density at radius 1 is 1.21 bits per heavy atom. The minimum absolute atomic E-state index is 0.0108. The molecule has 0 aromatic heterocycles. The van der Waals surface area contributed by atoms with Gasteiger partial charge >= 0.3 is 0 Å². The highest BCUT2D eigenvalue weighted by Gasteiger charge is 2.40. The van der Waals surface area contributed by atoms with Crippen LogP contribution in [0.1, 0.15) is 42.7 Å². The SMILES string of the molecule is CS(=O)(=O)NC[C@@H]1N[C@H](CO)[C@@H]1c1ccc(C2=CCCCC2)cc1. The number of hydrogen-bond acceptors (Lipinski definition) is 4. The molecule has 2 aliphatic rings. The maximum absolute atomic E-state index is 11.3. The number of benzene rings is 1. The van der Waals surface area contributed by atoms with Crippen molar-refractivity contribution < 1.29 is 13.5 Å². The van der Waals surface area contributed by atoms with Gasteiger partial charge in [-0.1, -0.05) is 30.3 Å². The summed E-state index contributed by atoms with van der Waals surface area (Å²) < 4.78 is 25.1. The highest BCUT2D eigenvalue weighted by atomic mass is 32.2. The van der Waals surface area contributed by atoms with Crippen LogP contribution in [0.4, 0.5) is 0 Å². The van der Waals surface area contributed by atoms with E-state index < -0.39 is 10.0 Å². The van der Waals surface area contributed by atoms with Crippen molar-refractivity contribution in [2.75, 3.05) is 19.4 Å². The van der Waals surface area contributed by atoms with E-state index >= 15 is 0 Å². The van der Waals surface area contributed by atoms with Crippen LogP contribution in [0.2, 0.25) is 0 Å². The largest absolute Gasteiger partial charge is 0.395 e. The first-order valence-electron chi connectivity index (χ1n) is 8.59. The molecule has 6 heteroatoms. The monoisotopic (exact) mass is 350 g/mol. The lowest BCUT2D eigenvalue weighted by molar-refractivity contribution is 0.129. The van der Waals surface area contributed by atoms with Crippen LogP contribution in [-0.4, -0.2) is 45.0 Å². The lowest BCUT2D eigenvalue weighted by atomic mass is 9.77. The van der Waals surface area contributed by atoms with Gasteiger partial charge in [-0.3, -0.25) is 0 Å². The Morgan fingerprint density at radius 2 is 1.96 bits per heavy atom. The van der Waals surface area contributed by atoms with E-state index in [1.54, 1.807) is 0 Å². The molecule has 1 fully saturated rings. The van der Waals surface area contributed by atoms with Crippen LogP contribution in [0.25, 0.3) is 5.57 Å². The lowest BCUT2D eigenvalue weighted by Crippen LogP contribution is -2.64. The predicted octanol–water partition coefficient (Wildman–Crippen LogP) is 1.61. The molecule has 0 saturated carbocycles. The van der Waals surface area contributed by atoms with Crippen molar-refractivity contribution >= 4 is 15.6 Å². The fourth-order valence-electron chi connectivity index (χ4n) is 3.72. The van der Waals surface area contributed by atoms with Gasteiger partial charge in [0, 0.05) is 24.5 Å². The van der Waals surface area contributed by atoms with Crippen molar-refractivity contribution in [1.82, 2.24) is 10.0 Å². The van der Waals surface area contributed by atoms with Crippen molar-refractivity contribution in [3.05, 3.63) is 41.5 Å². The molecule has 0 spiro atoms. The maximum Gasteiger partial charge on any atom is 0.208 e. The predicted molar refractivity (Wildman–Crippen MR) is 96.3 cm³/mol. The average Bonchev–Trinajstić information content (AvgIpc) is 2.54. The fraction of sp³-hybridized carbons (Fsp3) is 0.556. The number of aliphatic hydroxyl groups is 1. The minimum Gasteiger partial charge on any atom is -0.395 e. The second-order valence-electron chi connectivity index (χ2n) is 6.81. The van der Waals surface area contributed by atoms with E-state index in [1.165, 1.54) is 24.0 Å². The van der Waals surface area contributed by atoms with Crippen molar-refractivity contribution in [2.45, 2.75) is 43.7 Å². The second kappa shape index (κ2) is 7.35. The van der Waals surface area contributed by atoms with Gasteiger partial charge in [-0.25, -0.2) is 13.1 Å². The molecule has 1 aliphatic heterocycles. The zero-order valence-corrected chi connectivity index (χ0v) is 14.8. The first-order chi connectivity index (χ1) is 11.5. The molecule has 5 nitrogen and oxygen atoms in total. The Kier molecular flexibility index (Phi) is 5.39. The van der Waals surface area contributed by atoms with Crippen LogP contribution < -0.4 is 10.0 Å². The Morgan fingerprint density at radius 3 is 2.54 bits per heavy atom. The quantitative estimate of drug-likeness (QED) is 0.728. The van der Waals surface area contributed by atoms with Crippen LogP contribution in [0.15, 0.2) is 30.3 Å².